The van der Waals surface area contributed by atoms with Gasteiger partial charge in [-0.3, -0.25) is 0 Å². The van der Waals surface area contributed by atoms with Crippen LogP contribution in [0.1, 0.15) is 38.8 Å². The number of hydrogen-bond acceptors (Lipinski definition) is 5. The van der Waals surface area contributed by atoms with Gasteiger partial charge >= 0.3 is 0 Å². The summed E-state index contributed by atoms with van der Waals surface area (Å²) in [6.07, 6.45) is -2.46. The molecule has 0 amide bonds. The van der Waals surface area contributed by atoms with Gasteiger partial charge in [-0.25, -0.2) is 0 Å². The van der Waals surface area contributed by atoms with E-state index in [-0.39, 0.29) is 17.2 Å². The quantitative estimate of drug-likeness (QED) is 0.500. The van der Waals surface area contributed by atoms with Crippen molar-refractivity contribution in [1.82, 2.24) is 0 Å². The van der Waals surface area contributed by atoms with Crippen LogP contribution in [0.5, 0.6) is 0 Å². The van der Waals surface area contributed by atoms with Gasteiger partial charge in [0.05, 0.1) is 32.0 Å². The van der Waals surface area contributed by atoms with Crippen LogP contribution in [0.25, 0.3) is 0 Å². The summed E-state index contributed by atoms with van der Waals surface area (Å²) < 4.78 is 25.2. The Hall–Kier alpha value is -1.54. The molecule has 1 aliphatic heterocycles. The average Bonchev–Trinajstić information content (AvgIpc) is 2.77. The molecule has 33 heavy (non-hydrogen) atoms. The van der Waals surface area contributed by atoms with Crippen molar-refractivity contribution < 1.29 is 23.7 Å². The van der Waals surface area contributed by atoms with Gasteiger partial charge in [0, 0.05) is 0 Å². The second-order valence-corrected chi connectivity index (χ2v) is 15.2. The smallest absolute Gasteiger partial charge is 0.192 e. The molecule has 1 saturated heterocycles. The SMILES string of the molecule is CC1OC(COCc2ccccc2)[C@H](OCc2ccccc2)[C@H](O)C1O[Si](C)(C)C(C)(C)C. The third-order valence-electron chi connectivity index (χ3n) is 6.81. The topological polar surface area (TPSA) is 57.2 Å². The van der Waals surface area contributed by atoms with Gasteiger partial charge in [0.15, 0.2) is 8.32 Å². The Kier molecular flexibility index (Phi) is 8.89. The fraction of sp³-hybridized carbons (Fsp3) is 0.556. The molecule has 1 fully saturated rings. The minimum atomic E-state index is -2.11. The Morgan fingerprint density at radius 3 is 1.97 bits per heavy atom. The number of rotatable bonds is 9. The molecule has 5 atom stereocenters. The van der Waals surface area contributed by atoms with Crippen LogP contribution in [0.15, 0.2) is 60.7 Å². The Morgan fingerprint density at radius 1 is 0.879 bits per heavy atom. The number of aliphatic hydroxyl groups excluding tert-OH is 1. The molecule has 3 unspecified atom stereocenters. The predicted octanol–water partition coefficient (Wildman–Crippen LogP) is 5.33. The van der Waals surface area contributed by atoms with Crippen molar-refractivity contribution in [2.45, 2.75) is 89.6 Å². The van der Waals surface area contributed by atoms with E-state index in [0.29, 0.717) is 19.8 Å². The second kappa shape index (κ2) is 11.3. The average molecular weight is 473 g/mol. The summed E-state index contributed by atoms with van der Waals surface area (Å²) in [5.74, 6) is 0. The molecular formula is C27H40O5Si. The molecule has 0 aromatic heterocycles. The minimum Gasteiger partial charge on any atom is -0.409 e. The third kappa shape index (κ3) is 6.98. The van der Waals surface area contributed by atoms with E-state index >= 15 is 0 Å². The molecule has 182 valence electrons. The standard InChI is InChI=1S/C27H40O5Si/c1-20-25(32-33(5,6)27(2,3)4)24(28)26(30-18-22-15-11-8-12-16-22)23(31-20)19-29-17-21-13-9-7-10-14-21/h7-16,20,23-26,28H,17-19H2,1-6H3/t20?,23?,24-,25?,26+/m1/s1. The van der Waals surface area contributed by atoms with Crippen LogP contribution < -0.4 is 0 Å². The molecule has 5 nitrogen and oxygen atoms in total. The number of hydrogen-bond donors (Lipinski definition) is 1. The lowest BCUT2D eigenvalue weighted by atomic mass is 9.95. The van der Waals surface area contributed by atoms with E-state index in [9.17, 15) is 5.11 Å². The molecule has 2 aromatic rings. The van der Waals surface area contributed by atoms with Crippen LogP contribution in [-0.2, 0) is 31.9 Å². The molecule has 0 spiro atoms. The lowest BCUT2D eigenvalue weighted by molar-refractivity contribution is -0.240. The number of ether oxygens (including phenoxy) is 3. The van der Waals surface area contributed by atoms with Crippen molar-refractivity contribution in [2.75, 3.05) is 6.61 Å². The molecular weight excluding hydrogens is 432 g/mol. The van der Waals surface area contributed by atoms with Crippen LogP contribution >= 0.6 is 0 Å². The Balaban J connectivity index is 1.72. The van der Waals surface area contributed by atoms with E-state index < -0.39 is 26.6 Å². The van der Waals surface area contributed by atoms with Gasteiger partial charge in [-0.1, -0.05) is 81.4 Å². The maximum absolute atomic E-state index is 11.4. The van der Waals surface area contributed by atoms with Gasteiger partial charge in [0.25, 0.3) is 0 Å². The third-order valence-corrected chi connectivity index (χ3v) is 11.3. The van der Waals surface area contributed by atoms with Crippen LogP contribution in [0.4, 0.5) is 0 Å². The fourth-order valence-corrected chi connectivity index (χ4v) is 5.14. The van der Waals surface area contributed by atoms with Crippen LogP contribution in [0.2, 0.25) is 18.1 Å². The molecule has 0 bridgehead atoms. The molecule has 0 aliphatic carbocycles. The lowest BCUT2D eigenvalue weighted by Crippen LogP contribution is -2.62. The first kappa shape index (κ1) is 26.1. The van der Waals surface area contributed by atoms with Crippen molar-refractivity contribution in [3.05, 3.63) is 71.8 Å². The van der Waals surface area contributed by atoms with Crippen molar-refractivity contribution in [2.24, 2.45) is 0 Å². The molecule has 2 aromatic carbocycles. The summed E-state index contributed by atoms with van der Waals surface area (Å²) in [7, 11) is -2.11. The highest BCUT2D eigenvalue weighted by Crippen LogP contribution is 2.39. The molecule has 1 N–H and O–H groups in total. The summed E-state index contributed by atoms with van der Waals surface area (Å²) in [6, 6.07) is 20.0. The summed E-state index contributed by atoms with van der Waals surface area (Å²) >= 11 is 0. The fourth-order valence-electron chi connectivity index (χ4n) is 3.77. The highest BCUT2D eigenvalue weighted by molar-refractivity contribution is 6.74. The van der Waals surface area contributed by atoms with Crippen LogP contribution in [-0.4, -0.2) is 50.6 Å². The van der Waals surface area contributed by atoms with E-state index in [1.165, 1.54) is 0 Å². The summed E-state index contributed by atoms with van der Waals surface area (Å²) in [5, 5.41) is 11.5. The van der Waals surface area contributed by atoms with Gasteiger partial charge in [0.1, 0.15) is 18.3 Å². The van der Waals surface area contributed by atoms with E-state index in [1.54, 1.807) is 0 Å². The Labute approximate surface area is 200 Å². The molecule has 3 rings (SSSR count). The van der Waals surface area contributed by atoms with E-state index in [0.717, 1.165) is 11.1 Å². The molecule has 1 aliphatic rings. The van der Waals surface area contributed by atoms with E-state index in [4.69, 9.17) is 18.6 Å². The zero-order chi connectivity index (χ0) is 24.1. The first-order chi connectivity index (χ1) is 15.6. The largest absolute Gasteiger partial charge is 0.409 e. The first-order valence-corrected chi connectivity index (χ1v) is 14.8. The highest BCUT2D eigenvalue weighted by Gasteiger charge is 2.49. The molecule has 6 heteroatoms. The number of benzene rings is 2. The van der Waals surface area contributed by atoms with Gasteiger partial charge in [-0.05, 0) is 36.2 Å². The zero-order valence-corrected chi connectivity index (χ0v) is 21.9. The van der Waals surface area contributed by atoms with Crippen LogP contribution in [0, 0.1) is 0 Å². The Bertz CT molecular complexity index is 837. The second-order valence-electron chi connectivity index (χ2n) is 10.5. The van der Waals surface area contributed by atoms with Gasteiger partial charge in [0.2, 0.25) is 0 Å². The highest BCUT2D eigenvalue weighted by atomic mass is 28.4. The first-order valence-electron chi connectivity index (χ1n) is 11.9. The number of aliphatic hydroxyl groups is 1. The van der Waals surface area contributed by atoms with Crippen LogP contribution in [0.3, 0.4) is 0 Å². The monoisotopic (exact) mass is 472 g/mol. The molecule has 1 heterocycles. The minimum absolute atomic E-state index is 0.0302. The molecule has 0 radical (unpaired) electrons. The van der Waals surface area contributed by atoms with E-state index in [2.05, 4.69) is 33.9 Å². The van der Waals surface area contributed by atoms with Crippen molar-refractivity contribution in [3.8, 4) is 0 Å². The molecule has 0 saturated carbocycles. The van der Waals surface area contributed by atoms with Gasteiger partial charge in [-0.2, -0.15) is 0 Å². The van der Waals surface area contributed by atoms with Gasteiger partial charge < -0.3 is 23.7 Å². The van der Waals surface area contributed by atoms with Crippen molar-refractivity contribution in [1.29, 1.82) is 0 Å². The summed E-state index contributed by atoms with van der Waals surface area (Å²) in [5.41, 5.74) is 2.15. The summed E-state index contributed by atoms with van der Waals surface area (Å²) in [6.45, 7) is 14.2. The van der Waals surface area contributed by atoms with Gasteiger partial charge in [-0.15, -0.1) is 0 Å². The Morgan fingerprint density at radius 2 is 1.42 bits per heavy atom. The summed E-state index contributed by atoms with van der Waals surface area (Å²) in [4.78, 5) is 0. The lowest BCUT2D eigenvalue weighted by Gasteiger charge is -2.48. The van der Waals surface area contributed by atoms with Crippen molar-refractivity contribution >= 4 is 8.32 Å². The zero-order valence-electron chi connectivity index (χ0n) is 20.9. The normalized spacial score (nSPS) is 26.3. The maximum atomic E-state index is 11.4. The predicted molar refractivity (Wildman–Crippen MR) is 134 cm³/mol. The maximum Gasteiger partial charge on any atom is 0.192 e. The van der Waals surface area contributed by atoms with Crippen molar-refractivity contribution in [3.63, 3.8) is 0 Å². The van der Waals surface area contributed by atoms with E-state index in [1.807, 2.05) is 67.6 Å².